The van der Waals surface area contributed by atoms with Gasteiger partial charge in [-0.2, -0.15) is 18.3 Å². The van der Waals surface area contributed by atoms with Crippen LogP contribution < -0.4 is 4.72 Å². The topological polar surface area (TPSA) is 67.2 Å². The van der Waals surface area contributed by atoms with E-state index in [1.165, 1.54) is 4.90 Å². The number of hydrogen-bond donors (Lipinski definition) is 1. The van der Waals surface area contributed by atoms with E-state index in [0.29, 0.717) is 22.7 Å². The first-order valence-corrected chi connectivity index (χ1v) is 13.2. The van der Waals surface area contributed by atoms with E-state index < -0.39 is 52.1 Å². The van der Waals surface area contributed by atoms with Gasteiger partial charge in [0.1, 0.15) is 12.2 Å². The molecule has 2 aromatic rings. The molecule has 0 unspecified atom stereocenters. The molecule has 35 heavy (non-hydrogen) atoms. The Labute approximate surface area is 214 Å². The number of alkyl halides is 3. The van der Waals surface area contributed by atoms with Crippen LogP contribution in [-0.4, -0.2) is 42.1 Å². The molecule has 3 atom stereocenters. The molecule has 2 fully saturated rings. The van der Waals surface area contributed by atoms with Crippen molar-refractivity contribution in [1.29, 1.82) is 0 Å². The number of rotatable bonds is 6. The highest BCUT2D eigenvalue weighted by molar-refractivity contribution is 7.84. The Kier molecular flexibility index (Phi) is 7.32. The van der Waals surface area contributed by atoms with E-state index in [9.17, 15) is 22.2 Å². The minimum Gasteiger partial charge on any atom is -0.332 e. The molecule has 1 amide bonds. The van der Waals surface area contributed by atoms with E-state index in [-0.39, 0.29) is 17.5 Å². The van der Waals surface area contributed by atoms with E-state index in [1.54, 1.807) is 18.2 Å². The molecule has 1 aromatic carbocycles. The summed E-state index contributed by atoms with van der Waals surface area (Å²) in [4.78, 5) is 14.9. The number of halogens is 5. The maximum absolute atomic E-state index is 13.7. The zero-order chi connectivity index (χ0) is 25.7. The van der Waals surface area contributed by atoms with Gasteiger partial charge in [0.2, 0.25) is 5.91 Å². The van der Waals surface area contributed by atoms with Crippen molar-refractivity contribution in [2.75, 3.05) is 6.54 Å². The fourth-order valence-corrected chi connectivity index (χ4v) is 5.52. The van der Waals surface area contributed by atoms with Crippen LogP contribution in [0.3, 0.4) is 0 Å². The third-order valence-electron chi connectivity index (χ3n) is 6.20. The number of hydrogen-bond acceptors (Lipinski definition) is 3. The SMILES string of the molecule is CC(C)(C)[S@@](=O)N[C@@H]1CCN(C(=O)Cn2nc(C3CC3)cc2C(F)(F)F)[C@@H]1c1cccc(Cl)c1Cl. The van der Waals surface area contributed by atoms with Crippen LogP contribution in [0.4, 0.5) is 13.2 Å². The predicted octanol–water partition coefficient (Wildman–Crippen LogP) is 5.48. The van der Waals surface area contributed by atoms with Gasteiger partial charge in [-0.05, 0) is 57.7 Å². The third-order valence-corrected chi connectivity index (χ3v) is 8.67. The summed E-state index contributed by atoms with van der Waals surface area (Å²) in [5, 5.41) is 4.66. The lowest BCUT2D eigenvalue weighted by Gasteiger charge is -2.31. The number of amides is 1. The van der Waals surface area contributed by atoms with Crippen LogP contribution in [0.5, 0.6) is 0 Å². The summed E-state index contributed by atoms with van der Waals surface area (Å²) in [7, 11) is -1.44. The maximum atomic E-state index is 13.7. The lowest BCUT2D eigenvalue weighted by molar-refractivity contribution is -0.146. The molecule has 0 radical (unpaired) electrons. The molecule has 1 N–H and O–H groups in total. The Morgan fingerprint density at radius 2 is 1.89 bits per heavy atom. The first-order valence-electron chi connectivity index (χ1n) is 11.3. The molecule has 1 aliphatic heterocycles. The monoisotopic (exact) mass is 550 g/mol. The molecule has 12 heteroatoms. The molecule has 1 aromatic heterocycles. The standard InChI is InChI=1S/C23H27Cl2F3N4O2S/c1-22(2,3)35(34)30-16-9-10-31(21(16)14-5-4-6-15(24)20(14)25)19(33)12-32-18(23(26,27)28)11-17(29-32)13-7-8-13/h4-6,11,13,16,21,30H,7-10,12H2,1-3H3/t16-,21-,35-/m1/s1. The van der Waals surface area contributed by atoms with Crippen molar-refractivity contribution < 1.29 is 22.2 Å². The number of carbonyl (C=O) groups is 1. The molecule has 192 valence electrons. The fourth-order valence-electron chi connectivity index (χ4n) is 4.23. The van der Waals surface area contributed by atoms with Gasteiger partial charge in [-0.1, -0.05) is 35.3 Å². The largest absolute Gasteiger partial charge is 0.433 e. The van der Waals surface area contributed by atoms with E-state index in [0.717, 1.165) is 23.6 Å². The van der Waals surface area contributed by atoms with Crippen molar-refractivity contribution >= 4 is 40.1 Å². The number of benzene rings is 1. The Bertz CT molecular complexity index is 1140. The molecule has 1 aliphatic carbocycles. The number of nitrogens with one attached hydrogen (secondary N) is 1. The quantitative estimate of drug-likeness (QED) is 0.517. The van der Waals surface area contributed by atoms with Crippen molar-refractivity contribution in [3.63, 3.8) is 0 Å². The van der Waals surface area contributed by atoms with Gasteiger partial charge < -0.3 is 4.90 Å². The molecular formula is C23H27Cl2F3N4O2S. The molecule has 0 bridgehead atoms. The van der Waals surface area contributed by atoms with Gasteiger partial charge in [-0.15, -0.1) is 0 Å². The highest BCUT2D eigenvalue weighted by atomic mass is 35.5. The Morgan fingerprint density at radius 1 is 1.20 bits per heavy atom. The number of carbonyl (C=O) groups excluding carboxylic acids is 1. The van der Waals surface area contributed by atoms with Crippen LogP contribution in [0.1, 0.15) is 68.9 Å². The van der Waals surface area contributed by atoms with Crippen LogP contribution in [0, 0.1) is 0 Å². The summed E-state index contributed by atoms with van der Waals surface area (Å²) in [5.74, 6) is -0.522. The highest BCUT2D eigenvalue weighted by Gasteiger charge is 2.43. The average molecular weight is 551 g/mol. The molecule has 6 nitrogen and oxygen atoms in total. The maximum Gasteiger partial charge on any atom is 0.433 e. The van der Waals surface area contributed by atoms with Crippen molar-refractivity contribution in [3.8, 4) is 0 Å². The van der Waals surface area contributed by atoms with Crippen LogP contribution >= 0.6 is 23.2 Å². The Balaban J connectivity index is 1.65. The minimum absolute atomic E-state index is 0.0122. The third kappa shape index (κ3) is 5.70. The number of likely N-dealkylation sites (tertiary alicyclic amines) is 1. The van der Waals surface area contributed by atoms with Gasteiger partial charge in [-0.25, -0.2) is 8.93 Å². The normalized spacial score (nSPS) is 22.0. The van der Waals surface area contributed by atoms with Crippen LogP contribution in [0.15, 0.2) is 24.3 Å². The summed E-state index contributed by atoms with van der Waals surface area (Å²) >= 11 is 12.7. The predicted molar refractivity (Wildman–Crippen MR) is 130 cm³/mol. The molecular weight excluding hydrogens is 524 g/mol. The van der Waals surface area contributed by atoms with Gasteiger partial charge in [0.05, 0.1) is 37.5 Å². The highest BCUT2D eigenvalue weighted by Crippen LogP contribution is 2.42. The molecule has 2 aliphatic rings. The van der Waals surface area contributed by atoms with Crippen molar-refractivity contribution in [1.82, 2.24) is 19.4 Å². The van der Waals surface area contributed by atoms with Crippen LogP contribution in [0.25, 0.3) is 0 Å². The Hall–Kier alpha value is -1.62. The summed E-state index contributed by atoms with van der Waals surface area (Å²) in [6.45, 7) is 5.16. The number of nitrogens with zero attached hydrogens (tertiary/aromatic N) is 3. The van der Waals surface area contributed by atoms with Gasteiger partial charge in [0.15, 0.2) is 0 Å². The van der Waals surface area contributed by atoms with Gasteiger partial charge in [0.25, 0.3) is 0 Å². The van der Waals surface area contributed by atoms with Crippen LogP contribution in [0.2, 0.25) is 10.0 Å². The second-order valence-corrected chi connectivity index (χ2v) is 12.7. The molecule has 4 rings (SSSR count). The minimum atomic E-state index is -4.63. The summed E-state index contributed by atoms with van der Waals surface area (Å²) in [6.07, 6.45) is -2.60. The van der Waals surface area contributed by atoms with Crippen molar-refractivity contribution in [3.05, 3.63) is 51.3 Å². The second kappa shape index (κ2) is 9.68. The van der Waals surface area contributed by atoms with Crippen molar-refractivity contribution in [2.24, 2.45) is 0 Å². The van der Waals surface area contributed by atoms with E-state index >= 15 is 0 Å². The van der Waals surface area contributed by atoms with E-state index in [1.807, 2.05) is 20.8 Å². The summed E-state index contributed by atoms with van der Waals surface area (Å²) < 4.78 is 57.1. The fraction of sp³-hybridized carbons (Fsp3) is 0.565. The lowest BCUT2D eigenvalue weighted by atomic mass is 10.0. The first-order chi connectivity index (χ1) is 16.3. The number of aromatic nitrogens is 2. The Morgan fingerprint density at radius 3 is 2.49 bits per heavy atom. The first kappa shape index (κ1) is 26.4. The van der Waals surface area contributed by atoms with Crippen LogP contribution in [-0.2, 0) is 28.5 Å². The van der Waals surface area contributed by atoms with E-state index in [4.69, 9.17) is 23.2 Å². The average Bonchev–Trinajstić information content (AvgIpc) is 3.38. The van der Waals surface area contributed by atoms with E-state index in [2.05, 4.69) is 9.82 Å². The lowest BCUT2D eigenvalue weighted by Crippen LogP contribution is -2.44. The molecule has 0 spiro atoms. The van der Waals surface area contributed by atoms with Gasteiger partial charge in [-0.3, -0.25) is 9.48 Å². The second-order valence-electron chi connectivity index (χ2n) is 9.95. The smallest absolute Gasteiger partial charge is 0.332 e. The zero-order valence-electron chi connectivity index (χ0n) is 19.5. The summed E-state index contributed by atoms with van der Waals surface area (Å²) in [5.41, 5.74) is -0.0301. The van der Waals surface area contributed by atoms with Gasteiger partial charge >= 0.3 is 6.18 Å². The molecule has 1 saturated heterocycles. The van der Waals surface area contributed by atoms with Gasteiger partial charge in [0, 0.05) is 18.5 Å². The summed E-state index contributed by atoms with van der Waals surface area (Å²) in [6, 6.07) is 4.98. The molecule has 2 heterocycles. The zero-order valence-corrected chi connectivity index (χ0v) is 21.9. The molecule has 1 saturated carbocycles. The van der Waals surface area contributed by atoms with Crippen molar-refractivity contribution in [2.45, 2.75) is 75.5 Å².